The van der Waals surface area contributed by atoms with Gasteiger partial charge in [0.2, 0.25) is 0 Å². The Bertz CT molecular complexity index is 385. The van der Waals surface area contributed by atoms with Crippen LogP contribution in [0.25, 0.3) is 0 Å². The molecule has 0 unspecified atom stereocenters. The van der Waals surface area contributed by atoms with E-state index in [1.165, 1.54) is 0 Å². The van der Waals surface area contributed by atoms with E-state index >= 15 is 0 Å². The molecule has 1 aromatic carbocycles. The van der Waals surface area contributed by atoms with Crippen molar-refractivity contribution in [1.29, 1.82) is 0 Å². The number of allylic oxidation sites excluding steroid dienone is 1. The average molecular weight is 283 g/mol. The Balaban J connectivity index is 2.70. The standard InChI is InChI=1S/C13H15BrO2/c1-3-16-13(15)12-6-4-5-11(9-12)8-7-10(2)14/h4-6,9H,2-3,7-8H2,1H3. The zero-order valence-corrected chi connectivity index (χ0v) is 10.9. The van der Waals surface area contributed by atoms with Crippen molar-refractivity contribution in [2.75, 3.05) is 6.61 Å². The van der Waals surface area contributed by atoms with Crippen LogP contribution in [0.2, 0.25) is 0 Å². The number of hydrogen-bond donors (Lipinski definition) is 0. The van der Waals surface area contributed by atoms with Gasteiger partial charge in [-0.3, -0.25) is 0 Å². The Labute approximate surface area is 104 Å². The SMILES string of the molecule is C=C(Br)CCc1cccc(C(=O)OCC)c1. The molecule has 0 radical (unpaired) electrons. The van der Waals surface area contributed by atoms with Crippen molar-refractivity contribution in [3.05, 3.63) is 46.5 Å². The summed E-state index contributed by atoms with van der Waals surface area (Å²) in [6, 6.07) is 7.51. The number of aryl methyl sites for hydroxylation is 1. The number of halogens is 1. The molecule has 0 N–H and O–H groups in total. The van der Waals surface area contributed by atoms with Crippen molar-refractivity contribution >= 4 is 21.9 Å². The van der Waals surface area contributed by atoms with Gasteiger partial charge in [0.15, 0.2) is 0 Å². The Morgan fingerprint density at radius 3 is 2.88 bits per heavy atom. The second kappa shape index (κ2) is 6.48. The fourth-order valence-corrected chi connectivity index (χ4v) is 1.55. The van der Waals surface area contributed by atoms with Crippen LogP contribution in [0.4, 0.5) is 0 Å². The fourth-order valence-electron chi connectivity index (χ4n) is 1.35. The number of ether oxygens (including phenoxy) is 1. The molecule has 0 atom stereocenters. The maximum absolute atomic E-state index is 11.5. The van der Waals surface area contributed by atoms with Gasteiger partial charge >= 0.3 is 5.97 Å². The van der Waals surface area contributed by atoms with Crippen LogP contribution in [0.5, 0.6) is 0 Å². The second-order valence-electron chi connectivity index (χ2n) is 3.44. The van der Waals surface area contributed by atoms with Crippen molar-refractivity contribution < 1.29 is 9.53 Å². The second-order valence-corrected chi connectivity index (χ2v) is 4.56. The molecule has 0 bridgehead atoms. The molecule has 0 spiro atoms. The zero-order chi connectivity index (χ0) is 12.0. The molecule has 0 aliphatic rings. The third-order valence-corrected chi connectivity index (χ3v) is 2.52. The topological polar surface area (TPSA) is 26.3 Å². The van der Waals surface area contributed by atoms with Crippen LogP contribution in [0.3, 0.4) is 0 Å². The van der Waals surface area contributed by atoms with E-state index in [2.05, 4.69) is 22.5 Å². The number of rotatable bonds is 5. The lowest BCUT2D eigenvalue weighted by atomic mass is 10.1. The lowest BCUT2D eigenvalue weighted by Gasteiger charge is -2.04. The molecule has 3 heteroatoms. The van der Waals surface area contributed by atoms with Crippen molar-refractivity contribution in [2.45, 2.75) is 19.8 Å². The van der Waals surface area contributed by atoms with Gasteiger partial charge in [-0.05, 0) is 41.9 Å². The molecular weight excluding hydrogens is 268 g/mol. The first-order chi connectivity index (χ1) is 7.63. The van der Waals surface area contributed by atoms with Crippen LogP contribution in [-0.2, 0) is 11.2 Å². The molecule has 0 amide bonds. The van der Waals surface area contributed by atoms with Crippen molar-refractivity contribution in [3.8, 4) is 0 Å². The molecule has 16 heavy (non-hydrogen) atoms. The summed E-state index contributed by atoms with van der Waals surface area (Å²) in [4.78, 5) is 11.5. The molecule has 0 saturated heterocycles. The normalized spacial score (nSPS) is 9.88. The smallest absolute Gasteiger partial charge is 0.338 e. The Morgan fingerprint density at radius 1 is 1.50 bits per heavy atom. The van der Waals surface area contributed by atoms with E-state index in [1.54, 1.807) is 13.0 Å². The lowest BCUT2D eigenvalue weighted by Crippen LogP contribution is -2.04. The summed E-state index contributed by atoms with van der Waals surface area (Å²) in [5.74, 6) is -0.262. The van der Waals surface area contributed by atoms with E-state index in [9.17, 15) is 4.79 Å². The number of hydrogen-bond acceptors (Lipinski definition) is 2. The molecule has 0 aromatic heterocycles. The van der Waals surface area contributed by atoms with Crippen LogP contribution in [0.1, 0.15) is 29.3 Å². The van der Waals surface area contributed by atoms with Crippen LogP contribution >= 0.6 is 15.9 Å². The van der Waals surface area contributed by atoms with Crippen molar-refractivity contribution in [3.63, 3.8) is 0 Å². The van der Waals surface area contributed by atoms with Crippen LogP contribution in [0.15, 0.2) is 35.3 Å². The zero-order valence-electron chi connectivity index (χ0n) is 9.33. The molecular formula is C13H15BrO2. The minimum Gasteiger partial charge on any atom is -0.462 e. The summed E-state index contributed by atoms with van der Waals surface area (Å²) in [5, 5.41) is 0. The molecule has 0 aliphatic heterocycles. The Morgan fingerprint density at radius 2 is 2.25 bits per heavy atom. The molecule has 1 rings (SSSR count). The summed E-state index contributed by atoms with van der Waals surface area (Å²) in [7, 11) is 0. The van der Waals surface area contributed by atoms with Gasteiger partial charge in [-0.15, -0.1) is 0 Å². The van der Waals surface area contributed by atoms with Crippen LogP contribution in [-0.4, -0.2) is 12.6 Å². The summed E-state index contributed by atoms with van der Waals surface area (Å²) in [6.45, 7) is 5.99. The monoisotopic (exact) mass is 282 g/mol. The summed E-state index contributed by atoms with van der Waals surface area (Å²) in [6.07, 6.45) is 1.74. The fraction of sp³-hybridized carbons (Fsp3) is 0.308. The average Bonchev–Trinajstić information content (AvgIpc) is 2.27. The van der Waals surface area contributed by atoms with Gasteiger partial charge in [0, 0.05) is 0 Å². The van der Waals surface area contributed by atoms with E-state index < -0.39 is 0 Å². The highest BCUT2D eigenvalue weighted by atomic mass is 79.9. The summed E-state index contributed by atoms with van der Waals surface area (Å²) < 4.78 is 5.91. The first-order valence-corrected chi connectivity index (χ1v) is 6.02. The minimum absolute atomic E-state index is 0.262. The molecule has 0 heterocycles. The van der Waals surface area contributed by atoms with E-state index in [1.807, 2.05) is 18.2 Å². The number of benzene rings is 1. The third-order valence-electron chi connectivity index (χ3n) is 2.12. The van der Waals surface area contributed by atoms with Gasteiger partial charge in [-0.1, -0.05) is 34.6 Å². The molecule has 2 nitrogen and oxygen atoms in total. The summed E-state index contributed by atoms with van der Waals surface area (Å²) in [5.41, 5.74) is 1.73. The first kappa shape index (κ1) is 13.0. The molecule has 86 valence electrons. The van der Waals surface area contributed by atoms with E-state index in [0.717, 1.165) is 22.9 Å². The van der Waals surface area contributed by atoms with Crippen LogP contribution in [0, 0.1) is 0 Å². The Kier molecular flexibility index (Phi) is 5.26. The number of carbonyl (C=O) groups excluding carboxylic acids is 1. The predicted molar refractivity (Wildman–Crippen MR) is 68.8 cm³/mol. The quantitative estimate of drug-likeness (QED) is 0.770. The summed E-state index contributed by atoms with van der Waals surface area (Å²) >= 11 is 3.32. The first-order valence-electron chi connectivity index (χ1n) is 5.23. The third kappa shape index (κ3) is 4.19. The number of esters is 1. The predicted octanol–water partition coefficient (Wildman–Crippen LogP) is 3.70. The maximum Gasteiger partial charge on any atom is 0.338 e. The molecule has 1 aromatic rings. The van der Waals surface area contributed by atoms with Crippen molar-refractivity contribution in [1.82, 2.24) is 0 Å². The highest BCUT2D eigenvalue weighted by Gasteiger charge is 2.06. The minimum atomic E-state index is -0.262. The van der Waals surface area contributed by atoms with Crippen LogP contribution < -0.4 is 0 Å². The number of carbonyl (C=O) groups is 1. The van der Waals surface area contributed by atoms with Gasteiger partial charge in [0.25, 0.3) is 0 Å². The lowest BCUT2D eigenvalue weighted by molar-refractivity contribution is 0.0526. The van der Waals surface area contributed by atoms with E-state index in [-0.39, 0.29) is 5.97 Å². The van der Waals surface area contributed by atoms with Gasteiger partial charge in [-0.2, -0.15) is 0 Å². The maximum atomic E-state index is 11.5. The van der Waals surface area contributed by atoms with E-state index in [0.29, 0.717) is 12.2 Å². The van der Waals surface area contributed by atoms with Gasteiger partial charge in [0.1, 0.15) is 0 Å². The molecule has 0 fully saturated rings. The molecule has 0 aliphatic carbocycles. The highest BCUT2D eigenvalue weighted by molar-refractivity contribution is 9.11. The van der Waals surface area contributed by atoms with Gasteiger partial charge in [0.05, 0.1) is 12.2 Å². The van der Waals surface area contributed by atoms with E-state index in [4.69, 9.17) is 4.74 Å². The van der Waals surface area contributed by atoms with Gasteiger partial charge < -0.3 is 4.74 Å². The van der Waals surface area contributed by atoms with Gasteiger partial charge in [-0.25, -0.2) is 4.79 Å². The highest BCUT2D eigenvalue weighted by Crippen LogP contribution is 2.14. The largest absolute Gasteiger partial charge is 0.462 e. The Hall–Kier alpha value is -1.09. The van der Waals surface area contributed by atoms with Crippen molar-refractivity contribution in [2.24, 2.45) is 0 Å². The molecule has 0 saturated carbocycles.